The summed E-state index contributed by atoms with van der Waals surface area (Å²) in [5, 5.41) is 14.9. The zero-order valence-corrected chi connectivity index (χ0v) is 14.7. The van der Waals surface area contributed by atoms with Crippen LogP contribution in [-0.2, 0) is 12.8 Å². The van der Waals surface area contributed by atoms with Crippen LogP contribution in [0.1, 0.15) is 78.1 Å². The molecule has 0 aromatic carbocycles. The van der Waals surface area contributed by atoms with Gasteiger partial charge in [0.25, 0.3) is 5.91 Å². The molecule has 1 aliphatic carbocycles. The van der Waals surface area contributed by atoms with Crippen LogP contribution < -0.4 is 5.32 Å². The molecule has 0 aliphatic heterocycles. The summed E-state index contributed by atoms with van der Waals surface area (Å²) in [6.45, 7) is 6.23. The lowest BCUT2D eigenvalue weighted by Gasteiger charge is -2.12. The molecule has 0 bridgehead atoms. The quantitative estimate of drug-likeness (QED) is 0.845. The minimum Gasteiger partial charge on any atom is -0.342 e. The monoisotopic (exact) mass is 333 g/mol. The largest absolute Gasteiger partial charge is 0.342 e. The SMILES string of the molecule is CCCc1sc(C(=O)N[C@H](C)c2nnnn2C2CC2)cc1CC. The molecule has 2 aromatic heterocycles. The van der Waals surface area contributed by atoms with Gasteiger partial charge in [0.15, 0.2) is 5.82 Å². The van der Waals surface area contributed by atoms with E-state index in [1.165, 1.54) is 10.4 Å². The molecule has 7 heteroatoms. The van der Waals surface area contributed by atoms with Crippen LogP contribution in [0.15, 0.2) is 6.07 Å². The fraction of sp³-hybridized carbons (Fsp3) is 0.625. The third-order valence-electron chi connectivity index (χ3n) is 4.12. The molecule has 124 valence electrons. The zero-order valence-electron chi connectivity index (χ0n) is 13.9. The first-order valence-corrected chi connectivity index (χ1v) is 9.15. The van der Waals surface area contributed by atoms with Gasteiger partial charge in [0.1, 0.15) is 0 Å². The highest BCUT2D eigenvalue weighted by Crippen LogP contribution is 2.35. The van der Waals surface area contributed by atoms with Gasteiger partial charge >= 0.3 is 0 Å². The first-order chi connectivity index (χ1) is 11.1. The van der Waals surface area contributed by atoms with Gasteiger partial charge in [-0.2, -0.15) is 0 Å². The lowest BCUT2D eigenvalue weighted by Crippen LogP contribution is -2.28. The Morgan fingerprint density at radius 1 is 1.48 bits per heavy atom. The summed E-state index contributed by atoms with van der Waals surface area (Å²) in [7, 11) is 0. The topological polar surface area (TPSA) is 72.7 Å². The molecular weight excluding hydrogens is 310 g/mol. The number of rotatable bonds is 7. The molecule has 1 amide bonds. The Balaban J connectivity index is 1.72. The van der Waals surface area contributed by atoms with Crippen LogP contribution in [0.3, 0.4) is 0 Å². The number of aromatic nitrogens is 4. The van der Waals surface area contributed by atoms with E-state index in [4.69, 9.17) is 0 Å². The van der Waals surface area contributed by atoms with Gasteiger partial charge in [0, 0.05) is 4.88 Å². The summed E-state index contributed by atoms with van der Waals surface area (Å²) in [6, 6.07) is 2.24. The Kier molecular flexibility index (Phi) is 4.75. The van der Waals surface area contributed by atoms with E-state index in [1.807, 2.05) is 17.7 Å². The number of carbonyl (C=O) groups is 1. The highest BCUT2D eigenvalue weighted by molar-refractivity contribution is 7.14. The number of nitrogens with one attached hydrogen (secondary N) is 1. The summed E-state index contributed by atoms with van der Waals surface area (Å²) >= 11 is 1.61. The van der Waals surface area contributed by atoms with Crippen LogP contribution in [0.5, 0.6) is 0 Å². The van der Waals surface area contributed by atoms with Crippen molar-refractivity contribution in [2.45, 2.75) is 65.0 Å². The van der Waals surface area contributed by atoms with Gasteiger partial charge in [0.05, 0.1) is 17.0 Å². The van der Waals surface area contributed by atoms with Gasteiger partial charge in [-0.1, -0.05) is 20.3 Å². The average molecular weight is 333 g/mol. The summed E-state index contributed by atoms with van der Waals surface area (Å²) < 4.78 is 1.85. The summed E-state index contributed by atoms with van der Waals surface area (Å²) in [4.78, 5) is 14.7. The predicted octanol–water partition coefficient (Wildman–Crippen LogP) is 3.08. The summed E-state index contributed by atoms with van der Waals surface area (Å²) in [5.41, 5.74) is 1.29. The molecule has 1 aliphatic rings. The van der Waals surface area contributed by atoms with E-state index in [-0.39, 0.29) is 11.9 Å². The first kappa shape index (κ1) is 16.1. The Labute approximate surface area is 140 Å². The van der Waals surface area contributed by atoms with Gasteiger partial charge in [-0.05, 0) is 54.7 Å². The van der Waals surface area contributed by atoms with E-state index >= 15 is 0 Å². The Morgan fingerprint density at radius 2 is 2.26 bits per heavy atom. The minimum absolute atomic E-state index is 0.0371. The fourth-order valence-electron chi connectivity index (χ4n) is 2.71. The van der Waals surface area contributed by atoms with E-state index in [1.54, 1.807) is 11.3 Å². The highest BCUT2D eigenvalue weighted by atomic mass is 32.1. The number of aryl methyl sites for hydroxylation is 2. The molecule has 0 unspecified atom stereocenters. The second kappa shape index (κ2) is 6.78. The standard InChI is InChI=1S/C16H23N5OS/c1-4-6-13-11(5-2)9-14(23-13)16(22)17-10(3)15-18-19-20-21(15)12-7-8-12/h9-10,12H,4-8H2,1-3H3,(H,17,22)/t10-/m1/s1. The first-order valence-electron chi connectivity index (χ1n) is 8.34. The van der Waals surface area contributed by atoms with E-state index in [2.05, 4.69) is 34.7 Å². The zero-order chi connectivity index (χ0) is 16.4. The molecule has 0 spiro atoms. The number of nitrogens with zero attached hydrogens (tertiary/aromatic N) is 4. The molecule has 0 saturated heterocycles. The normalized spacial score (nSPS) is 15.6. The lowest BCUT2D eigenvalue weighted by molar-refractivity contribution is 0.0941. The Bertz CT molecular complexity index is 688. The van der Waals surface area contributed by atoms with Crippen LogP contribution >= 0.6 is 11.3 Å². The maximum Gasteiger partial charge on any atom is 0.261 e. The van der Waals surface area contributed by atoms with Crippen molar-refractivity contribution in [3.8, 4) is 0 Å². The number of thiophene rings is 1. The van der Waals surface area contributed by atoms with Crippen LogP contribution in [0.25, 0.3) is 0 Å². The van der Waals surface area contributed by atoms with Gasteiger partial charge in [-0.3, -0.25) is 4.79 Å². The van der Waals surface area contributed by atoms with Crippen LogP contribution in [0.4, 0.5) is 0 Å². The lowest BCUT2D eigenvalue weighted by atomic mass is 10.1. The van der Waals surface area contributed by atoms with E-state index < -0.39 is 0 Å². The van der Waals surface area contributed by atoms with Crippen LogP contribution in [-0.4, -0.2) is 26.1 Å². The molecule has 1 atom stereocenters. The number of amides is 1. The van der Waals surface area contributed by atoms with Crippen molar-refractivity contribution in [2.24, 2.45) is 0 Å². The third-order valence-corrected chi connectivity index (χ3v) is 5.36. The Hall–Kier alpha value is -1.76. The van der Waals surface area contributed by atoms with Crippen molar-refractivity contribution in [3.05, 3.63) is 27.2 Å². The highest BCUT2D eigenvalue weighted by Gasteiger charge is 2.30. The van der Waals surface area contributed by atoms with Crippen molar-refractivity contribution in [1.29, 1.82) is 0 Å². The minimum atomic E-state index is -0.195. The number of tetrazole rings is 1. The third kappa shape index (κ3) is 3.44. The Morgan fingerprint density at radius 3 is 2.91 bits per heavy atom. The van der Waals surface area contributed by atoms with Crippen LogP contribution in [0.2, 0.25) is 0 Å². The van der Waals surface area contributed by atoms with Crippen molar-refractivity contribution >= 4 is 17.2 Å². The number of hydrogen-bond acceptors (Lipinski definition) is 5. The molecule has 2 aromatic rings. The van der Waals surface area contributed by atoms with Crippen LogP contribution in [0, 0.1) is 0 Å². The molecule has 2 heterocycles. The number of carbonyl (C=O) groups excluding carboxylic acids is 1. The second-order valence-electron chi connectivity index (χ2n) is 6.07. The molecule has 23 heavy (non-hydrogen) atoms. The van der Waals surface area contributed by atoms with Crippen molar-refractivity contribution in [1.82, 2.24) is 25.5 Å². The van der Waals surface area contributed by atoms with Gasteiger partial charge in [0.2, 0.25) is 0 Å². The molecule has 3 rings (SSSR count). The van der Waals surface area contributed by atoms with E-state index in [9.17, 15) is 4.79 Å². The smallest absolute Gasteiger partial charge is 0.261 e. The number of hydrogen-bond donors (Lipinski definition) is 1. The molecule has 1 N–H and O–H groups in total. The van der Waals surface area contributed by atoms with Gasteiger partial charge in [-0.25, -0.2) is 4.68 Å². The van der Waals surface area contributed by atoms with Crippen molar-refractivity contribution < 1.29 is 4.79 Å². The van der Waals surface area contributed by atoms with Crippen molar-refractivity contribution in [3.63, 3.8) is 0 Å². The van der Waals surface area contributed by atoms with Crippen molar-refractivity contribution in [2.75, 3.05) is 0 Å². The maximum absolute atomic E-state index is 12.6. The molecule has 0 radical (unpaired) electrons. The van der Waals surface area contributed by atoms with E-state index in [0.29, 0.717) is 6.04 Å². The summed E-state index contributed by atoms with van der Waals surface area (Å²) in [6.07, 6.45) is 5.33. The van der Waals surface area contributed by atoms with Gasteiger partial charge < -0.3 is 5.32 Å². The molecular formula is C16H23N5OS. The molecule has 6 nitrogen and oxygen atoms in total. The second-order valence-corrected chi connectivity index (χ2v) is 7.21. The molecule has 1 saturated carbocycles. The average Bonchev–Trinajstić information content (AvgIpc) is 3.11. The maximum atomic E-state index is 12.6. The summed E-state index contributed by atoms with van der Waals surface area (Å²) in [5.74, 6) is 0.701. The molecule has 1 fully saturated rings. The van der Waals surface area contributed by atoms with Gasteiger partial charge in [-0.15, -0.1) is 16.4 Å². The predicted molar refractivity (Wildman–Crippen MR) is 89.7 cm³/mol. The fourth-order valence-corrected chi connectivity index (χ4v) is 3.97. The van der Waals surface area contributed by atoms with E-state index in [0.717, 1.165) is 42.8 Å².